The van der Waals surface area contributed by atoms with Crippen LogP contribution in [0.1, 0.15) is 12.7 Å². The Hall–Kier alpha value is -2.36. The Morgan fingerprint density at radius 2 is 2.09 bits per heavy atom. The van der Waals surface area contributed by atoms with E-state index in [1.807, 2.05) is 0 Å². The molecule has 9 nitrogen and oxygen atoms in total. The Kier molecular flexibility index (Phi) is 3.84. The summed E-state index contributed by atoms with van der Waals surface area (Å²) in [6, 6.07) is 1.68. The van der Waals surface area contributed by atoms with Crippen molar-refractivity contribution in [2.45, 2.75) is 19.1 Å². The summed E-state index contributed by atoms with van der Waals surface area (Å²) in [6.07, 6.45) is 2.94. The first-order valence-corrected chi connectivity index (χ1v) is 7.01. The molecule has 2 N–H and O–H groups in total. The van der Waals surface area contributed by atoms with Crippen LogP contribution < -0.4 is 5.56 Å². The van der Waals surface area contributed by atoms with Crippen LogP contribution in [0.25, 0.3) is 16.7 Å². The van der Waals surface area contributed by atoms with Gasteiger partial charge < -0.3 is 19.5 Å². The van der Waals surface area contributed by atoms with Gasteiger partial charge in [-0.3, -0.25) is 4.79 Å². The maximum absolute atomic E-state index is 12.7. The van der Waals surface area contributed by atoms with Gasteiger partial charge in [-0.25, -0.2) is 4.98 Å². The van der Waals surface area contributed by atoms with Gasteiger partial charge in [0.15, 0.2) is 5.82 Å². The van der Waals surface area contributed by atoms with Crippen LogP contribution in [0.4, 0.5) is 0 Å². The first-order valence-electron chi connectivity index (χ1n) is 7.01. The lowest BCUT2D eigenvalue weighted by molar-refractivity contribution is 0.0755. The molecule has 0 unspecified atom stereocenters. The number of fused-ring (bicyclic) bond motifs is 3. The van der Waals surface area contributed by atoms with Crippen LogP contribution in [0, 0.1) is 0 Å². The number of aromatic nitrogens is 5. The summed E-state index contributed by atoms with van der Waals surface area (Å²) < 4.78 is 7.78. The second-order valence-electron chi connectivity index (χ2n) is 5.53. The monoisotopic (exact) mass is 319 g/mol. The molecule has 23 heavy (non-hydrogen) atoms. The number of ether oxygens (including phenoxy) is 1. The van der Waals surface area contributed by atoms with Crippen molar-refractivity contribution in [3.05, 3.63) is 34.6 Å². The zero-order valence-electron chi connectivity index (χ0n) is 12.8. The topological polar surface area (TPSA) is 115 Å². The third-order valence-corrected chi connectivity index (χ3v) is 3.81. The average molecular weight is 319 g/mol. The fourth-order valence-electron chi connectivity index (χ4n) is 2.38. The normalized spacial score (nSPS) is 12.3. The van der Waals surface area contributed by atoms with Crippen molar-refractivity contribution in [1.82, 2.24) is 24.1 Å². The molecule has 0 fully saturated rings. The number of pyridine rings is 1. The molecule has 0 saturated carbocycles. The SMILES string of the molecule is COCc1nc2ncc3c(=O)n(C(C)(CO)CO)ccc3n2n1. The number of nitrogens with zero attached hydrogens (tertiary/aromatic N) is 5. The Bertz CT molecular complexity index is 913. The van der Waals surface area contributed by atoms with Crippen molar-refractivity contribution in [3.63, 3.8) is 0 Å². The Morgan fingerprint density at radius 1 is 1.35 bits per heavy atom. The first kappa shape index (κ1) is 15.5. The molecule has 0 saturated heterocycles. The van der Waals surface area contributed by atoms with E-state index in [1.165, 1.54) is 21.5 Å². The van der Waals surface area contributed by atoms with Crippen LogP contribution in [0.15, 0.2) is 23.3 Å². The van der Waals surface area contributed by atoms with Crippen molar-refractivity contribution in [2.75, 3.05) is 20.3 Å². The van der Waals surface area contributed by atoms with Crippen molar-refractivity contribution >= 4 is 16.7 Å². The molecule has 0 atom stereocenters. The van der Waals surface area contributed by atoms with Gasteiger partial charge >= 0.3 is 0 Å². The van der Waals surface area contributed by atoms with Gasteiger partial charge in [0, 0.05) is 19.5 Å². The lowest BCUT2D eigenvalue weighted by Crippen LogP contribution is -2.44. The summed E-state index contributed by atoms with van der Waals surface area (Å²) in [7, 11) is 1.54. The minimum Gasteiger partial charge on any atom is -0.394 e. The summed E-state index contributed by atoms with van der Waals surface area (Å²) in [5.41, 5.74) is -0.917. The minimum absolute atomic E-state index is 0.245. The lowest BCUT2D eigenvalue weighted by Gasteiger charge is -2.27. The molecule has 0 aliphatic rings. The van der Waals surface area contributed by atoms with Crippen LogP contribution >= 0.6 is 0 Å². The highest BCUT2D eigenvalue weighted by atomic mass is 16.5. The average Bonchev–Trinajstić information content (AvgIpc) is 2.98. The third kappa shape index (κ3) is 2.38. The highest BCUT2D eigenvalue weighted by Gasteiger charge is 2.26. The standard InChI is InChI=1S/C14H17N5O4/c1-14(7-20,8-21)18-4-3-10-9(12(18)22)5-15-13-16-11(6-23-2)17-19(10)13/h3-5,20-21H,6-8H2,1-2H3. The summed E-state index contributed by atoms with van der Waals surface area (Å²) in [5, 5.41) is 23.6. The van der Waals surface area contributed by atoms with Crippen LogP contribution in [0.2, 0.25) is 0 Å². The first-order chi connectivity index (χ1) is 11.0. The molecule has 0 bridgehead atoms. The highest BCUT2D eigenvalue weighted by Crippen LogP contribution is 2.16. The fourth-order valence-corrected chi connectivity index (χ4v) is 2.38. The third-order valence-electron chi connectivity index (χ3n) is 3.81. The number of hydrogen-bond acceptors (Lipinski definition) is 7. The maximum atomic E-state index is 12.7. The second kappa shape index (κ2) is 5.69. The Labute approximate surface area is 130 Å². The molecule has 9 heteroatoms. The molecule has 122 valence electrons. The molecular weight excluding hydrogens is 302 g/mol. The number of methoxy groups -OCH3 is 1. The van der Waals surface area contributed by atoms with Gasteiger partial charge in [0.25, 0.3) is 11.3 Å². The number of aliphatic hydroxyl groups is 2. The molecule has 3 heterocycles. The molecule has 0 spiro atoms. The maximum Gasteiger partial charge on any atom is 0.262 e. The Morgan fingerprint density at radius 3 is 2.74 bits per heavy atom. The molecule has 0 aromatic carbocycles. The van der Waals surface area contributed by atoms with Crippen LogP contribution in [0.5, 0.6) is 0 Å². The number of hydrogen-bond donors (Lipinski definition) is 2. The van der Waals surface area contributed by atoms with Gasteiger partial charge in [-0.2, -0.15) is 9.50 Å². The molecule has 3 aromatic rings. The van der Waals surface area contributed by atoms with Crippen molar-refractivity contribution < 1.29 is 14.9 Å². The van der Waals surface area contributed by atoms with Crippen LogP contribution in [-0.4, -0.2) is 54.7 Å². The van der Waals surface area contributed by atoms with E-state index in [-0.39, 0.29) is 25.4 Å². The molecular formula is C14H17N5O4. The van der Waals surface area contributed by atoms with Crippen molar-refractivity contribution in [1.29, 1.82) is 0 Å². The molecule has 0 aliphatic heterocycles. The van der Waals surface area contributed by atoms with Crippen molar-refractivity contribution in [3.8, 4) is 0 Å². The molecule has 3 aromatic heterocycles. The Balaban J connectivity index is 2.27. The van der Waals surface area contributed by atoms with Gasteiger partial charge in [-0.15, -0.1) is 5.10 Å². The van der Waals surface area contributed by atoms with Crippen LogP contribution in [0.3, 0.4) is 0 Å². The van der Waals surface area contributed by atoms with E-state index in [4.69, 9.17) is 4.74 Å². The predicted molar refractivity (Wildman–Crippen MR) is 81.1 cm³/mol. The number of aliphatic hydroxyl groups excluding tert-OH is 2. The van der Waals surface area contributed by atoms with E-state index in [9.17, 15) is 15.0 Å². The van der Waals surface area contributed by atoms with E-state index < -0.39 is 5.54 Å². The predicted octanol–water partition coefficient (Wildman–Crippen LogP) is -0.715. The van der Waals surface area contributed by atoms with E-state index >= 15 is 0 Å². The zero-order valence-corrected chi connectivity index (χ0v) is 12.8. The minimum atomic E-state index is -1.09. The van der Waals surface area contributed by atoms with E-state index in [1.54, 1.807) is 20.1 Å². The smallest absolute Gasteiger partial charge is 0.262 e. The quantitative estimate of drug-likeness (QED) is 0.638. The molecule has 3 rings (SSSR count). The summed E-state index contributed by atoms with van der Waals surface area (Å²) >= 11 is 0. The summed E-state index contributed by atoms with van der Waals surface area (Å²) in [6.45, 7) is 1.10. The van der Waals surface area contributed by atoms with E-state index in [2.05, 4.69) is 15.1 Å². The highest BCUT2D eigenvalue weighted by molar-refractivity contribution is 5.78. The van der Waals surface area contributed by atoms with Gasteiger partial charge in [-0.05, 0) is 13.0 Å². The molecule has 0 radical (unpaired) electrons. The van der Waals surface area contributed by atoms with Gasteiger partial charge in [0.2, 0.25) is 0 Å². The largest absolute Gasteiger partial charge is 0.394 e. The molecule has 0 aliphatic carbocycles. The molecule has 0 amide bonds. The second-order valence-corrected chi connectivity index (χ2v) is 5.53. The van der Waals surface area contributed by atoms with E-state index in [0.717, 1.165) is 0 Å². The summed E-state index contributed by atoms with van der Waals surface area (Å²) in [5.74, 6) is 0.834. The van der Waals surface area contributed by atoms with Crippen molar-refractivity contribution in [2.24, 2.45) is 0 Å². The van der Waals surface area contributed by atoms with Gasteiger partial charge in [-0.1, -0.05) is 0 Å². The summed E-state index contributed by atoms with van der Waals surface area (Å²) in [4.78, 5) is 21.0. The van der Waals surface area contributed by atoms with Crippen LogP contribution in [-0.2, 0) is 16.9 Å². The zero-order chi connectivity index (χ0) is 16.6. The fraction of sp³-hybridized carbons (Fsp3) is 0.429. The van der Waals surface area contributed by atoms with E-state index in [0.29, 0.717) is 22.5 Å². The van der Waals surface area contributed by atoms with Gasteiger partial charge in [0.1, 0.15) is 6.61 Å². The van der Waals surface area contributed by atoms with Gasteiger partial charge in [0.05, 0.1) is 29.7 Å². The lowest BCUT2D eigenvalue weighted by atomic mass is 10.0. The number of rotatable bonds is 5.